The summed E-state index contributed by atoms with van der Waals surface area (Å²) in [4.78, 5) is 4.63. The molecule has 2 heteroatoms. The predicted octanol–water partition coefficient (Wildman–Crippen LogP) is 3.75. The minimum atomic E-state index is 1.18. The van der Waals surface area contributed by atoms with Crippen LogP contribution in [0.25, 0.3) is 0 Å². The zero-order valence-electron chi connectivity index (χ0n) is 13.0. The van der Waals surface area contributed by atoms with E-state index >= 15 is 0 Å². The fraction of sp³-hybridized carbons (Fsp3) is 0.368. The van der Waals surface area contributed by atoms with E-state index in [1.807, 2.05) is 0 Å². The first-order valence-electron chi connectivity index (χ1n) is 7.84. The normalized spacial score (nSPS) is 15.9. The van der Waals surface area contributed by atoms with E-state index in [-0.39, 0.29) is 0 Å². The molecule has 0 fully saturated rings. The Balaban J connectivity index is 0.000000126. The van der Waals surface area contributed by atoms with Crippen molar-refractivity contribution in [1.82, 2.24) is 0 Å². The highest BCUT2D eigenvalue weighted by atomic mass is 15.1. The summed E-state index contributed by atoms with van der Waals surface area (Å²) in [6.45, 7) is 2.39. The van der Waals surface area contributed by atoms with Crippen LogP contribution in [0.15, 0.2) is 48.5 Å². The van der Waals surface area contributed by atoms with Crippen LogP contribution >= 0.6 is 0 Å². The van der Waals surface area contributed by atoms with Gasteiger partial charge in [0.05, 0.1) is 0 Å². The Kier molecular flexibility index (Phi) is 4.14. The molecule has 2 heterocycles. The van der Waals surface area contributed by atoms with Crippen LogP contribution in [0, 0.1) is 0 Å². The summed E-state index contributed by atoms with van der Waals surface area (Å²) in [7, 11) is 4.31. The van der Waals surface area contributed by atoms with Gasteiger partial charge in [-0.15, -0.1) is 0 Å². The number of rotatable bonds is 0. The van der Waals surface area contributed by atoms with Crippen LogP contribution in [-0.4, -0.2) is 27.2 Å². The van der Waals surface area contributed by atoms with E-state index in [0.29, 0.717) is 0 Å². The lowest BCUT2D eigenvalue weighted by atomic mass is 10.0. The van der Waals surface area contributed by atoms with E-state index in [4.69, 9.17) is 0 Å². The molecule has 2 aliphatic heterocycles. The van der Waals surface area contributed by atoms with Gasteiger partial charge in [0.1, 0.15) is 0 Å². The van der Waals surface area contributed by atoms with E-state index in [1.165, 1.54) is 54.9 Å². The Labute approximate surface area is 128 Å². The van der Waals surface area contributed by atoms with Gasteiger partial charge in [0.2, 0.25) is 0 Å². The second-order valence-corrected chi connectivity index (χ2v) is 5.95. The highest BCUT2D eigenvalue weighted by Crippen LogP contribution is 2.25. The quantitative estimate of drug-likeness (QED) is 0.725. The van der Waals surface area contributed by atoms with Crippen molar-refractivity contribution in [2.75, 3.05) is 37.0 Å². The molecule has 0 aromatic heterocycles. The molecule has 2 aromatic carbocycles. The van der Waals surface area contributed by atoms with E-state index in [9.17, 15) is 0 Å². The van der Waals surface area contributed by atoms with E-state index in [1.54, 1.807) is 0 Å². The van der Waals surface area contributed by atoms with Crippen LogP contribution in [0.4, 0.5) is 11.4 Å². The van der Waals surface area contributed by atoms with Crippen LogP contribution < -0.4 is 9.80 Å². The Morgan fingerprint density at radius 1 is 0.667 bits per heavy atom. The second kappa shape index (κ2) is 6.21. The molecule has 110 valence electrons. The summed E-state index contributed by atoms with van der Waals surface area (Å²) in [6, 6.07) is 17.3. The third kappa shape index (κ3) is 3.05. The van der Waals surface area contributed by atoms with E-state index in [2.05, 4.69) is 72.4 Å². The highest BCUT2D eigenvalue weighted by molar-refractivity contribution is 5.57. The molecule has 2 aliphatic rings. The van der Waals surface area contributed by atoms with Crippen LogP contribution in [0.1, 0.15) is 17.5 Å². The maximum absolute atomic E-state index is 2.33. The molecule has 0 amide bonds. The molecule has 0 N–H and O–H groups in total. The molecule has 0 aliphatic carbocycles. The second-order valence-electron chi connectivity index (χ2n) is 5.95. The number of para-hydroxylation sites is 2. The van der Waals surface area contributed by atoms with Gasteiger partial charge in [-0.05, 0) is 42.5 Å². The van der Waals surface area contributed by atoms with Crippen molar-refractivity contribution in [2.24, 2.45) is 0 Å². The Morgan fingerprint density at radius 2 is 1.19 bits per heavy atom. The fourth-order valence-electron chi connectivity index (χ4n) is 3.22. The first kappa shape index (κ1) is 14.0. The smallest absolute Gasteiger partial charge is 0.0396 e. The average Bonchev–Trinajstić information content (AvgIpc) is 2.91. The molecule has 0 spiro atoms. The molecule has 4 rings (SSSR count). The van der Waals surface area contributed by atoms with Gasteiger partial charge in [-0.25, -0.2) is 0 Å². The maximum Gasteiger partial charge on any atom is 0.0396 e. The molecule has 0 unspecified atom stereocenters. The molecular formula is C19H24N2. The van der Waals surface area contributed by atoms with Crippen molar-refractivity contribution in [3.05, 3.63) is 59.7 Å². The molecule has 0 bridgehead atoms. The van der Waals surface area contributed by atoms with Crippen LogP contribution in [0.3, 0.4) is 0 Å². The molecule has 2 nitrogen and oxygen atoms in total. The van der Waals surface area contributed by atoms with Gasteiger partial charge < -0.3 is 9.80 Å². The van der Waals surface area contributed by atoms with E-state index in [0.717, 1.165) is 0 Å². The summed E-state index contributed by atoms with van der Waals surface area (Å²) in [5.74, 6) is 0. The number of anilines is 2. The topological polar surface area (TPSA) is 6.48 Å². The molecular weight excluding hydrogens is 256 g/mol. The van der Waals surface area contributed by atoms with Gasteiger partial charge in [-0.2, -0.15) is 0 Å². The van der Waals surface area contributed by atoms with Crippen LogP contribution in [0.2, 0.25) is 0 Å². The monoisotopic (exact) mass is 280 g/mol. The van der Waals surface area contributed by atoms with Crippen molar-refractivity contribution >= 4 is 11.4 Å². The Hall–Kier alpha value is -1.96. The SMILES string of the molecule is CN1CCCc2ccccc21.CN1CCc2ccccc21. The number of aryl methyl sites for hydroxylation is 1. The fourth-order valence-corrected chi connectivity index (χ4v) is 3.22. The summed E-state index contributed by atoms with van der Waals surface area (Å²) in [6.07, 6.45) is 3.76. The largest absolute Gasteiger partial charge is 0.374 e. The maximum atomic E-state index is 2.33. The Bertz CT molecular complexity index is 606. The van der Waals surface area contributed by atoms with Gasteiger partial charge in [-0.1, -0.05) is 36.4 Å². The predicted molar refractivity (Wildman–Crippen MR) is 91.4 cm³/mol. The van der Waals surface area contributed by atoms with Crippen LogP contribution in [0.5, 0.6) is 0 Å². The molecule has 0 saturated heterocycles. The third-order valence-corrected chi connectivity index (χ3v) is 4.46. The van der Waals surface area contributed by atoms with Crippen LogP contribution in [-0.2, 0) is 12.8 Å². The molecule has 0 radical (unpaired) electrons. The zero-order chi connectivity index (χ0) is 14.7. The number of hydrogen-bond acceptors (Lipinski definition) is 2. The van der Waals surface area contributed by atoms with Gasteiger partial charge in [0, 0.05) is 38.6 Å². The molecule has 0 atom stereocenters. The minimum Gasteiger partial charge on any atom is -0.374 e. The van der Waals surface area contributed by atoms with E-state index < -0.39 is 0 Å². The number of hydrogen-bond donors (Lipinski definition) is 0. The lowest BCUT2D eigenvalue weighted by Gasteiger charge is -2.26. The lowest BCUT2D eigenvalue weighted by Crippen LogP contribution is -2.24. The van der Waals surface area contributed by atoms with Gasteiger partial charge in [0.15, 0.2) is 0 Å². The molecule has 21 heavy (non-hydrogen) atoms. The van der Waals surface area contributed by atoms with Crippen molar-refractivity contribution in [3.63, 3.8) is 0 Å². The number of nitrogens with zero attached hydrogens (tertiary/aromatic N) is 2. The first-order valence-corrected chi connectivity index (χ1v) is 7.84. The van der Waals surface area contributed by atoms with Crippen molar-refractivity contribution in [2.45, 2.75) is 19.3 Å². The summed E-state index contributed by atoms with van der Waals surface area (Å²) in [5.41, 5.74) is 5.81. The lowest BCUT2D eigenvalue weighted by molar-refractivity contribution is 0.744. The highest BCUT2D eigenvalue weighted by Gasteiger charge is 2.13. The van der Waals surface area contributed by atoms with Crippen molar-refractivity contribution < 1.29 is 0 Å². The Morgan fingerprint density at radius 3 is 1.81 bits per heavy atom. The third-order valence-electron chi connectivity index (χ3n) is 4.46. The standard InChI is InChI=1S/C10H13N.C9H11N/c1-11-8-4-6-9-5-2-3-7-10(9)11;1-10-7-6-8-4-2-3-5-9(8)10/h2-3,5,7H,4,6,8H2,1H3;2-5H,6-7H2,1H3. The molecule has 2 aromatic rings. The van der Waals surface area contributed by atoms with Crippen molar-refractivity contribution in [1.29, 1.82) is 0 Å². The number of likely N-dealkylation sites (N-methyl/N-ethyl adjacent to an activating group) is 1. The summed E-state index contributed by atoms with van der Waals surface area (Å²) in [5, 5.41) is 0. The van der Waals surface area contributed by atoms with Gasteiger partial charge in [-0.3, -0.25) is 0 Å². The summed E-state index contributed by atoms with van der Waals surface area (Å²) < 4.78 is 0. The van der Waals surface area contributed by atoms with Crippen molar-refractivity contribution in [3.8, 4) is 0 Å². The van der Waals surface area contributed by atoms with Gasteiger partial charge in [0.25, 0.3) is 0 Å². The zero-order valence-corrected chi connectivity index (χ0v) is 13.0. The minimum absolute atomic E-state index is 1.18. The first-order chi connectivity index (χ1) is 10.3. The van der Waals surface area contributed by atoms with Gasteiger partial charge >= 0.3 is 0 Å². The number of benzene rings is 2. The summed E-state index contributed by atoms with van der Waals surface area (Å²) >= 11 is 0. The molecule has 0 saturated carbocycles. The average molecular weight is 280 g/mol. The number of fused-ring (bicyclic) bond motifs is 2.